The Morgan fingerprint density at radius 2 is 1.91 bits per heavy atom. The summed E-state index contributed by atoms with van der Waals surface area (Å²) in [5, 5.41) is 17.2. The lowest BCUT2D eigenvalue weighted by Gasteiger charge is -2.39. The van der Waals surface area contributed by atoms with Crippen molar-refractivity contribution in [3.8, 4) is 17.6 Å². The molecule has 10 nitrogen and oxygen atoms in total. The second-order valence-corrected chi connectivity index (χ2v) is 8.44. The van der Waals surface area contributed by atoms with Crippen molar-refractivity contribution in [1.82, 2.24) is 24.9 Å². The summed E-state index contributed by atoms with van der Waals surface area (Å²) in [5.74, 6) is 1.46. The molecule has 1 amide bonds. The molecule has 174 valence electrons. The quantitative estimate of drug-likeness (QED) is 0.449. The predicted octanol–water partition coefficient (Wildman–Crippen LogP) is 3.70. The molecular weight excluding hydrogens is 446 g/mol. The fourth-order valence-corrected chi connectivity index (χ4v) is 4.69. The number of aromatic nitrogens is 4. The van der Waals surface area contributed by atoms with Gasteiger partial charge in [-0.15, -0.1) is 5.10 Å². The summed E-state index contributed by atoms with van der Waals surface area (Å²) in [6.07, 6.45) is 5.13. The Morgan fingerprint density at radius 1 is 1.06 bits per heavy atom. The molecule has 4 aromatic rings. The van der Waals surface area contributed by atoms with Crippen LogP contribution in [0.5, 0.6) is 11.5 Å². The lowest BCUT2D eigenvalue weighted by molar-refractivity contribution is 0.174. The van der Waals surface area contributed by atoms with Gasteiger partial charge in [-0.05, 0) is 55.3 Å². The van der Waals surface area contributed by atoms with Crippen LogP contribution in [0.2, 0.25) is 0 Å². The van der Waals surface area contributed by atoms with Crippen molar-refractivity contribution in [2.45, 2.75) is 18.9 Å². The number of hydrogen-bond donors (Lipinski definition) is 0. The van der Waals surface area contributed by atoms with Gasteiger partial charge in [0.15, 0.2) is 11.5 Å². The maximum atomic E-state index is 13.2. The standard InChI is InChI=1S/C25H21N7O3/c26-14-17-3-5-22-21(12-17)28-29-32(22)25(33)30-10-7-18(8-11-30)31(20-2-1-9-27-15-20)19-4-6-23-24(13-19)35-16-34-23/h1-6,9,12-13,15,18H,7-8,10-11,16H2. The number of ether oxygens (including phenoxy) is 2. The second-order valence-electron chi connectivity index (χ2n) is 8.44. The monoisotopic (exact) mass is 467 g/mol. The van der Waals surface area contributed by atoms with Crippen LogP contribution in [0.25, 0.3) is 11.0 Å². The molecule has 10 heteroatoms. The number of amides is 1. The first-order chi connectivity index (χ1) is 17.2. The van der Waals surface area contributed by atoms with Gasteiger partial charge in [-0.1, -0.05) is 5.21 Å². The molecule has 4 heterocycles. The zero-order valence-corrected chi connectivity index (χ0v) is 18.7. The van der Waals surface area contributed by atoms with Gasteiger partial charge in [0.25, 0.3) is 0 Å². The first-order valence-corrected chi connectivity index (χ1v) is 11.3. The van der Waals surface area contributed by atoms with E-state index in [1.807, 2.05) is 36.5 Å². The zero-order chi connectivity index (χ0) is 23.8. The molecule has 0 unspecified atom stereocenters. The van der Waals surface area contributed by atoms with E-state index in [0.29, 0.717) is 29.7 Å². The summed E-state index contributed by atoms with van der Waals surface area (Å²) < 4.78 is 12.4. The fourth-order valence-electron chi connectivity index (χ4n) is 4.69. The molecule has 2 aromatic heterocycles. The largest absolute Gasteiger partial charge is 0.454 e. The van der Waals surface area contributed by atoms with Gasteiger partial charge >= 0.3 is 6.03 Å². The molecule has 2 aliphatic rings. The summed E-state index contributed by atoms with van der Waals surface area (Å²) in [6, 6.07) is 16.9. The Kier molecular flexibility index (Phi) is 5.15. The van der Waals surface area contributed by atoms with Crippen molar-refractivity contribution in [1.29, 1.82) is 5.26 Å². The lowest BCUT2D eigenvalue weighted by Crippen LogP contribution is -2.47. The van der Waals surface area contributed by atoms with Crippen LogP contribution in [0.4, 0.5) is 16.2 Å². The van der Waals surface area contributed by atoms with Crippen molar-refractivity contribution < 1.29 is 14.3 Å². The van der Waals surface area contributed by atoms with E-state index in [4.69, 9.17) is 14.7 Å². The van der Waals surface area contributed by atoms with Crippen LogP contribution in [0, 0.1) is 11.3 Å². The molecule has 0 aliphatic carbocycles. The second kappa shape index (κ2) is 8.61. The number of rotatable bonds is 3. The van der Waals surface area contributed by atoms with Crippen molar-refractivity contribution in [2.75, 3.05) is 24.8 Å². The maximum Gasteiger partial charge on any atom is 0.346 e. The molecule has 0 radical (unpaired) electrons. The van der Waals surface area contributed by atoms with Crippen molar-refractivity contribution in [3.05, 3.63) is 66.5 Å². The molecule has 0 spiro atoms. The Labute approximate surface area is 200 Å². The third-order valence-electron chi connectivity index (χ3n) is 6.41. The minimum absolute atomic E-state index is 0.161. The van der Waals surface area contributed by atoms with E-state index in [2.05, 4.69) is 26.3 Å². The number of likely N-dealkylation sites (tertiary alicyclic amines) is 1. The third-order valence-corrected chi connectivity index (χ3v) is 6.41. The van der Waals surface area contributed by atoms with Crippen LogP contribution in [0.15, 0.2) is 60.9 Å². The first kappa shape index (κ1) is 20.9. The van der Waals surface area contributed by atoms with Gasteiger partial charge in [0, 0.05) is 37.1 Å². The number of nitrogens with zero attached hydrogens (tertiary/aromatic N) is 7. The highest BCUT2D eigenvalue weighted by Gasteiger charge is 2.30. The molecule has 0 atom stereocenters. The number of piperidine rings is 1. The average Bonchev–Trinajstić information content (AvgIpc) is 3.56. The minimum atomic E-state index is -0.216. The Balaban J connectivity index is 1.23. The van der Waals surface area contributed by atoms with Crippen LogP contribution < -0.4 is 14.4 Å². The number of hydrogen-bond acceptors (Lipinski definition) is 8. The Morgan fingerprint density at radius 3 is 2.71 bits per heavy atom. The van der Waals surface area contributed by atoms with Crippen LogP contribution >= 0.6 is 0 Å². The molecular formula is C25H21N7O3. The Bertz CT molecular complexity index is 1440. The normalized spacial score (nSPS) is 15.2. The smallest absolute Gasteiger partial charge is 0.346 e. The van der Waals surface area contributed by atoms with E-state index in [-0.39, 0.29) is 18.9 Å². The molecule has 6 rings (SSSR count). The van der Waals surface area contributed by atoms with Crippen LogP contribution in [0.3, 0.4) is 0 Å². The Hall–Kier alpha value is -4.65. The molecule has 1 saturated heterocycles. The lowest BCUT2D eigenvalue weighted by atomic mass is 10.0. The molecule has 0 N–H and O–H groups in total. The summed E-state index contributed by atoms with van der Waals surface area (Å²) in [6.45, 7) is 1.37. The number of nitriles is 1. The topological polar surface area (TPSA) is 109 Å². The fraction of sp³-hybridized carbons (Fsp3) is 0.240. The summed E-state index contributed by atoms with van der Waals surface area (Å²) >= 11 is 0. The molecule has 0 bridgehead atoms. The van der Waals surface area contributed by atoms with Crippen LogP contribution in [-0.4, -0.2) is 56.8 Å². The number of benzene rings is 2. The number of carbonyl (C=O) groups excluding carboxylic acids is 1. The van der Waals surface area contributed by atoms with E-state index in [0.717, 1.165) is 35.7 Å². The molecule has 35 heavy (non-hydrogen) atoms. The van der Waals surface area contributed by atoms with E-state index in [1.54, 1.807) is 29.3 Å². The van der Waals surface area contributed by atoms with E-state index in [1.165, 1.54) is 4.68 Å². The number of carbonyl (C=O) groups is 1. The number of anilines is 2. The van der Waals surface area contributed by atoms with Gasteiger partial charge in [-0.2, -0.15) is 9.94 Å². The van der Waals surface area contributed by atoms with E-state index >= 15 is 0 Å². The molecule has 1 fully saturated rings. The summed E-state index contributed by atoms with van der Waals surface area (Å²) in [4.78, 5) is 21.6. The van der Waals surface area contributed by atoms with Gasteiger partial charge in [0.1, 0.15) is 5.52 Å². The van der Waals surface area contributed by atoms with Gasteiger partial charge in [-0.25, -0.2) is 4.79 Å². The minimum Gasteiger partial charge on any atom is -0.454 e. The SMILES string of the molecule is N#Cc1ccc2c(c1)nnn2C(=O)N1CCC(N(c2cccnc2)c2ccc3c(c2)OCO3)CC1. The van der Waals surface area contributed by atoms with Gasteiger partial charge in [-0.3, -0.25) is 4.98 Å². The van der Waals surface area contributed by atoms with E-state index < -0.39 is 0 Å². The van der Waals surface area contributed by atoms with Crippen molar-refractivity contribution in [3.63, 3.8) is 0 Å². The van der Waals surface area contributed by atoms with E-state index in [9.17, 15) is 4.79 Å². The summed E-state index contributed by atoms with van der Waals surface area (Å²) in [5.41, 5.74) is 3.57. The van der Waals surface area contributed by atoms with Crippen molar-refractivity contribution in [2.24, 2.45) is 0 Å². The average molecular weight is 467 g/mol. The highest BCUT2D eigenvalue weighted by molar-refractivity contribution is 5.88. The van der Waals surface area contributed by atoms with Gasteiger partial charge in [0.2, 0.25) is 6.79 Å². The predicted molar refractivity (Wildman–Crippen MR) is 127 cm³/mol. The number of fused-ring (bicyclic) bond motifs is 2. The van der Waals surface area contributed by atoms with Crippen LogP contribution in [0.1, 0.15) is 18.4 Å². The first-order valence-electron chi connectivity index (χ1n) is 11.3. The van der Waals surface area contributed by atoms with Crippen LogP contribution in [-0.2, 0) is 0 Å². The highest BCUT2D eigenvalue weighted by Crippen LogP contribution is 2.39. The maximum absolute atomic E-state index is 13.2. The summed E-state index contributed by atoms with van der Waals surface area (Å²) in [7, 11) is 0. The molecule has 0 saturated carbocycles. The molecule has 2 aliphatic heterocycles. The molecule has 2 aromatic carbocycles. The highest BCUT2D eigenvalue weighted by atomic mass is 16.7. The van der Waals surface area contributed by atoms with Gasteiger partial charge < -0.3 is 19.3 Å². The van der Waals surface area contributed by atoms with Gasteiger partial charge in [0.05, 0.1) is 29.0 Å². The third kappa shape index (κ3) is 3.77. The van der Waals surface area contributed by atoms with Crippen molar-refractivity contribution >= 4 is 28.4 Å². The number of pyridine rings is 1. The zero-order valence-electron chi connectivity index (χ0n) is 18.7.